The molecule has 2 N–H and O–H groups in total. The van der Waals surface area contributed by atoms with Crippen molar-refractivity contribution in [2.24, 2.45) is 4.99 Å². The molecule has 1 aliphatic heterocycles. The summed E-state index contributed by atoms with van der Waals surface area (Å²) < 4.78 is 10.8. The number of hydrogen-bond acceptors (Lipinski definition) is 5. The van der Waals surface area contributed by atoms with Gasteiger partial charge in [-0.2, -0.15) is 0 Å². The van der Waals surface area contributed by atoms with E-state index in [2.05, 4.69) is 4.99 Å². The molecule has 1 aromatic rings. The van der Waals surface area contributed by atoms with Crippen LogP contribution in [0.2, 0.25) is 0 Å². The number of rotatable bonds is 5. The summed E-state index contributed by atoms with van der Waals surface area (Å²) >= 11 is 0. The maximum Gasteiger partial charge on any atom is 0.217 e. The van der Waals surface area contributed by atoms with Crippen molar-refractivity contribution in [3.05, 3.63) is 29.8 Å². The van der Waals surface area contributed by atoms with E-state index in [-0.39, 0.29) is 19.8 Å². The number of benzene rings is 1. The predicted octanol–water partition coefficient (Wildman–Crippen LogP) is 0.586. The van der Waals surface area contributed by atoms with Gasteiger partial charge in [0.25, 0.3) is 0 Å². The van der Waals surface area contributed by atoms with E-state index in [1.165, 1.54) is 0 Å². The van der Waals surface area contributed by atoms with Crippen LogP contribution in [0.4, 0.5) is 0 Å². The second kappa shape index (κ2) is 5.37. The highest BCUT2D eigenvalue weighted by Crippen LogP contribution is 2.22. The molecule has 1 aliphatic rings. The zero-order valence-corrected chi connectivity index (χ0v) is 10.3. The first-order valence-corrected chi connectivity index (χ1v) is 5.90. The Hall–Kier alpha value is -1.59. The zero-order chi connectivity index (χ0) is 13.0. The molecule has 0 radical (unpaired) electrons. The van der Waals surface area contributed by atoms with Crippen molar-refractivity contribution in [2.45, 2.75) is 12.5 Å². The molecule has 18 heavy (non-hydrogen) atoms. The lowest BCUT2D eigenvalue weighted by Gasteiger charge is -2.16. The number of aliphatic imine (C=N–C) groups is 1. The molecule has 0 fully saturated rings. The van der Waals surface area contributed by atoms with Crippen molar-refractivity contribution in [3.8, 4) is 5.75 Å². The van der Waals surface area contributed by atoms with Crippen molar-refractivity contribution >= 4 is 5.90 Å². The average molecular weight is 251 g/mol. The van der Waals surface area contributed by atoms with E-state index in [0.29, 0.717) is 12.5 Å². The van der Waals surface area contributed by atoms with Crippen molar-refractivity contribution < 1.29 is 19.7 Å². The van der Waals surface area contributed by atoms with Crippen LogP contribution in [0.15, 0.2) is 29.3 Å². The van der Waals surface area contributed by atoms with Gasteiger partial charge in [-0.25, -0.2) is 4.99 Å². The summed E-state index contributed by atoms with van der Waals surface area (Å²) in [6.07, 6.45) is 0. The van der Waals surface area contributed by atoms with Gasteiger partial charge in [-0.05, 0) is 31.2 Å². The van der Waals surface area contributed by atoms with E-state index in [4.69, 9.17) is 9.47 Å². The quantitative estimate of drug-likeness (QED) is 0.803. The smallest absolute Gasteiger partial charge is 0.217 e. The van der Waals surface area contributed by atoms with Gasteiger partial charge in [-0.1, -0.05) is 0 Å². The van der Waals surface area contributed by atoms with E-state index in [1.807, 2.05) is 31.2 Å². The Morgan fingerprint density at radius 2 is 1.94 bits per heavy atom. The Bertz CT molecular complexity index is 423. The van der Waals surface area contributed by atoms with Crippen molar-refractivity contribution in [2.75, 3.05) is 26.4 Å². The van der Waals surface area contributed by atoms with E-state index in [1.54, 1.807) is 0 Å². The van der Waals surface area contributed by atoms with Crippen LogP contribution >= 0.6 is 0 Å². The molecule has 0 saturated carbocycles. The lowest BCUT2D eigenvalue weighted by molar-refractivity contribution is 0.0977. The van der Waals surface area contributed by atoms with Gasteiger partial charge in [0.05, 0.1) is 19.8 Å². The molecular formula is C13H17NO4. The Balaban J connectivity index is 2.17. The number of nitrogens with zero attached hydrogens (tertiary/aromatic N) is 1. The Kier molecular flexibility index (Phi) is 3.84. The van der Waals surface area contributed by atoms with Crippen LogP contribution in [-0.4, -0.2) is 48.1 Å². The molecule has 0 amide bonds. The lowest BCUT2D eigenvalue weighted by atomic mass is 10.1. The average Bonchev–Trinajstić information content (AvgIpc) is 2.85. The van der Waals surface area contributed by atoms with Crippen LogP contribution in [0.1, 0.15) is 12.5 Å². The second-order valence-corrected chi connectivity index (χ2v) is 4.20. The Morgan fingerprint density at radius 1 is 1.28 bits per heavy atom. The summed E-state index contributed by atoms with van der Waals surface area (Å²) in [6, 6.07) is 7.36. The molecule has 1 aromatic carbocycles. The summed E-state index contributed by atoms with van der Waals surface area (Å²) in [6.45, 7) is 2.28. The summed E-state index contributed by atoms with van der Waals surface area (Å²) in [4.78, 5) is 4.26. The molecule has 0 aliphatic carbocycles. The monoisotopic (exact) mass is 251 g/mol. The van der Waals surface area contributed by atoms with Gasteiger partial charge in [0, 0.05) is 5.56 Å². The molecule has 0 spiro atoms. The highest BCUT2D eigenvalue weighted by atomic mass is 16.5. The van der Waals surface area contributed by atoms with Gasteiger partial charge in [-0.15, -0.1) is 0 Å². The zero-order valence-electron chi connectivity index (χ0n) is 10.3. The predicted molar refractivity (Wildman–Crippen MR) is 67.0 cm³/mol. The topological polar surface area (TPSA) is 71.3 Å². The standard InChI is InChI=1S/C13H17NO4/c1-2-17-11-5-3-10(4-6-11)12-14-13(7-15,8-16)9-18-12/h3-6,15-16H,2,7-9H2,1H3. The van der Waals surface area contributed by atoms with Gasteiger partial charge in [0.1, 0.15) is 17.9 Å². The SMILES string of the molecule is CCOc1ccc(C2=NC(CO)(CO)CO2)cc1. The first kappa shape index (κ1) is 12.9. The van der Waals surface area contributed by atoms with E-state index in [0.717, 1.165) is 11.3 Å². The first-order chi connectivity index (χ1) is 8.73. The normalized spacial score (nSPS) is 17.2. The molecule has 1 heterocycles. The van der Waals surface area contributed by atoms with Crippen LogP contribution in [0, 0.1) is 0 Å². The highest BCUT2D eigenvalue weighted by molar-refractivity contribution is 5.95. The molecule has 5 nitrogen and oxygen atoms in total. The van der Waals surface area contributed by atoms with Gasteiger partial charge in [0.15, 0.2) is 0 Å². The lowest BCUT2D eigenvalue weighted by Crippen LogP contribution is -2.37. The summed E-state index contributed by atoms with van der Waals surface area (Å²) in [5.41, 5.74) is -0.101. The minimum atomic E-state index is -0.909. The molecule has 0 unspecified atom stereocenters. The maximum atomic E-state index is 9.23. The van der Waals surface area contributed by atoms with E-state index < -0.39 is 5.54 Å². The van der Waals surface area contributed by atoms with E-state index in [9.17, 15) is 10.2 Å². The first-order valence-electron chi connectivity index (χ1n) is 5.90. The van der Waals surface area contributed by atoms with Crippen molar-refractivity contribution in [3.63, 3.8) is 0 Å². The Labute approximate surface area is 106 Å². The fraction of sp³-hybridized carbons (Fsp3) is 0.462. The highest BCUT2D eigenvalue weighted by Gasteiger charge is 2.35. The third-order valence-electron chi connectivity index (χ3n) is 2.82. The van der Waals surface area contributed by atoms with Crippen LogP contribution in [-0.2, 0) is 4.74 Å². The minimum absolute atomic E-state index is 0.197. The number of hydrogen-bond donors (Lipinski definition) is 2. The molecule has 0 aromatic heterocycles. The molecule has 0 bridgehead atoms. The number of aliphatic hydroxyl groups excluding tert-OH is 2. The number of aliphatic hydroxyl groups is 2. The van der Waals surface area contributed by atoms with Crippen LogP contribution < -0.4 is 4.74 Å². The van der Waals surface area contributed by atoms with Crippen LogP contribution in [0.3, 0.4) is 0 Å². The summed E-state index contributed by atoms with van der Waals surface area (Å²) in [5.74, 6) is 1.23. The molecule has 5 heteroatoms. The van der Waals surface area contributed by atoms with Crippen molar-refractivity contribution in [1.82, 2.24) is 0 Å². The fourth-order valence-corrected chi connectivity index (χ4v) is 1.70. The number of ether oxygens (including phenoxy) is 2. The van der Waals surface area contributed by atoms with Gasteiger partial charge < -0.3 is 19.7 Å². The molecular weight excluding hydrogens is 234 g/mol. The second-order valence-electron chi connectivity index (χ2n) is 4.20. The third-order valence-corrected chi connectivity index (χ3v) is 2.82. The summed E-state index contributed by atoms with van der Waals surface area (Å²) in [7, 11) is 0. The molecule has 0 saturated heterocycles. The molecule has 0 atom stereocenters. The fourth-order valence-electron chi connectivity index (χ4n) is 1.70. The largest absolute Gasteiger partial charge is 0.494 e. The minimum Gasteiger partial charge on any atom is -0.494 e. The third kappa shape index (κ3) is 2.47. The summed E-state index contributed by atoms with van der Waals surface area (Å²) in [5, 5.41) is 18.5. The molecule has 98 valence electrons. The van der Waals surface area contributed by atoms with Crippen LogP contribution in [0.5, 0.6) is 5.75 Å². The maximum absolute atomic E-state index is 9.23. The molecule has 2 rings (SSSR count). The van der Waals surface area contributed by atoms with Crippen molar-refractivity contribution in [1.29, 1.82) is 0 Å². The Morgan fingerprint density at radius 3 is 2.44 bits per heavy atom. The van der Waals surface area contributed by atoms with Gasteiger partial charge in [0.2, 0.25) is 5.90 Å². The van der Waals surface area contributed by atoms with E-state index >= 15 is 0 Å². The van der Waals surface area contributed by atoms with Gasteiger partial charge in [-0.3, -0.25) is 0 Å². The van der Waals surface area contributed by atoms with Gasteiger partial charge >= 0.3 is 0 Å². The van der Waals surface area contributed by atoms with Crippen LogP contribution in [0.25, 0.3) is 0 Å².